The molecule has 0 N–H and O–H groups in total. The van der Waals surface area contributed by atoms with Gasteiger partial charge < -0.3 is 18.9 Å². The molecule has 0 fully saturated rings. The number of hydrogen-bond donors (Lipinski definition) is 0. The number of amides is 1. The number of rotatable bonds is 6. The summed E-state index contributed by atoms with van der Waals surface area (Å²) < 4.78 is 42.3. The van der Waals surface area contributed by atoms with Gasteiger partial charge in [0.05, 0.1) is 5.54 Å². The van der Waals surface area contributed by atoms with Crippen molar-refractivity contribution in [1.29, 1.82) is 0 Å². The van der Waals surface area contributed by atoms with Crippen LogP contribution in [-0.4, -0.2) is 63.2 Å². The molecule has 1 amide bonds. The number of carbonyl (C=O) groups excluding carboxylic acids is 1. The molecule has 7 nitrogen and oxygen atoms in total. The zero-order chi connectivity index (χ0) is 25.2. The van der Waals surface area contributed by atoms with Crippen LogP contribution in [0.1, 0.15) is 72.9 Å². The summed E-state index contributed by atoms with van der Waals surface area (Å²) in [6, 6.07) is 4.28. The van der Waals surface area contributed by atoms with Crippen molar-refractivity contribution in [2.45, 2.75) is 77.7 Å². The maximum atomic E-state index is 14.3. The first-order valence-corrected chi connectivity index (χ1v) is 12.1. The Morgan fingerprint density at radius 2 is 1.94 bits per heavy atom. The van der Waals surface area contributed by atoms with Crippen molar-refractivity contribution in [2.75, 3.05) is 20.2 Å². The van der Waals surface area contributed by atoms with E-state index < -0.39 is 39.2 Å². The first kappa shape index (κ1) is 27.1. The summed E-state index contributed by atoms with van der Waals surface area (Å²) in [6.45, 7) is 15.4. The van der Waals surface area contributed by atoms with Crippen molar-refractivity contribution in [2.24, 2.45) is 9.39 Å². The maximum Gasteiger partial charge on any atom is 0.410 e. The van der Waals surface area contributed by atoms with Crippen molar-refractivity contribution in [3.63, 3.8) is 0 Å². The molecule has 1 aromatic rings. The highest BCUT2D eigenvalue weighted by atomic mass is 32.2. The molecule has 9 heteroatoms. The molecule has 0 saturated carbocycles. The fourth-order valence-electron chi connectivity index (χ4n) is 2.84. The Kier molecular flexibility index (Phi) is 8.23. The van der Waals surface area contributed by atoms with Gasteiger partial charge in [0.1, 0.15) is 39.8 Å². The van der Waals surface area contributed by atoms with Crippen molar-refractivity contribution in [1.82, 2.24) is 4.90 Å². The quantitative estimate of drug-likeness (QED) is 0.428. The van der Waals surface area contributed by atoms with E-state index in [0.717, 1.165) is 0 Å². The van der Waals surface area contributed by atoms with E-state index in [2.05, 4.69) is 9.39 Å². The number of ether oxygens (including phenoxy) is 2. The molecule has 0 aliphatic carbocycles. The van der Waals surface area contributed by atoms with E-state index in [0.29, 0.717) is 29.3 Å². The van der Waals surface area contributed by atoms with E-state index in [4.69, 9.17) is 9.47 Å². The van der Waals surface area contributed by atoms with Crippen molar-refractivity contribution in [3.8, 4) is 0 Å². The Morgan fingerprint density at radius 3 is 2.45 bits per heavy atom. The van der Waals surface area contributed by atoms with Crippen LogP contribution in [0.4, 0.5) is 9.18 Å². The number of hydrogen-bond acceptors (Lipinski definition) is 6. The lowest BCUT2D eigenvalue weighted by Gasteiger charge is -2.25. The summed E-state index contributed by atoms with van der Waals surface area (Å²) in [5.74, 6) is -0.0638. The molecule has 1 aliphatic rings. The predicted molar refractivity (Wildman–Crippen MR) is 131 cm³/mol. The van der Waals surface area contributed by atoms with Gasteiger partial charge in [0.2, 0.25) is 5.90 Å². The number of benzene rings is 1. The minimum Gasteiger partial charge on any atom is -0.591 e. The lowest BCUT2D eigenvalue weighted by atomic mass is 10.00. The molecule has 0 bridgehead atoms. The minimum atomic E-state index is -1.59. The van der Waals surface area contributed by atoms with Gasteiger partial charge in [-0.1, -0.05) is 4.40 Å². The number of aliphatic imine (C=N–C) groups is 1. The second kappa shape index (κ2) is 10.0. The molecule has 1 atom stereocenters. The first-order chi connectivity index (χ1) is 15.0. The van der Waals surface area contributed by atoms with Crippen molar-refractivity contribution < 1.29 is 23.2 Å². The zero-order valence-electron chi connectivity index (χ0n) is 21.1. The zero-order valence-corrected chi connectivity index (χ0v) is 21.9. The van der Waals surface area contributed by atoms with E-state index in [9.17, 15) is 13.7 Å². The van der Waals surface area contributed by atoms with Gasteiger partial charge >= 0.3 is 6.09 Å². The first-order valence-electron chi connectivity index (χ1n) is 11.0. The molecule has 33 heavy (non-hydrogen) atoms. The average molecular weight is 482 g/mol. The van der Waals surface area contributed by atoms with Crippen LogP contribution in [0, 0.1) is 5.82 Å². The third kappa shape index (κ3) is 7.99. The fraction of sp³-hybridized carbons (Fsp3) is 0.625. The monoisotopic (exact) mass is 481 g/mol. The Hall–Kier alpha value is -2.13. The Bertz CT molecular complexity index is 933. The van der Waals surface area contributed by atoms with Crippen LogP contribution in [0.2, 0.25) is 0 Å². The maximum absolute atomic E-state index is 14.3. The second-order valence-corrected chi connectivity index (χ2v) is 12.7. The molecular formula is C24H36FN3O4S. The highest BCUT2D eigenvalue weighted by Crippen LogP contribution is 2.26. The molecule has 2 rings (SSSR count). The molecule has 1 heterocycles. The Balaban J connectivity index is 2.45. The summed E-state index contributed by atoms with van der Waals surface area (Å²) >= 11 is -1.59. The lowest BCUT2D eigenvalue weighted by Crippen LogP contribution is -2.35. The minimum absolute atomic E-state index is 0.240. The average Bonchev–Trinajstić information content (AvgIpc) is 3.01. The van der Waals surface area contributed by atoms with Crippen LogP contribution in [0.15, 0.2) is 27.6 Å². The molecule has 0 aromatic heterocycles. The molecule has 0 spiro atoms. The molecule has 1 unspecified atom stereocenters. The molecule has 0 saturated heterocycles. The van der Waals surface area contributed by atoms with Gasteiger partial charge in [-0.3, -0.25) is 0 Å². The van der Waals surface area contributed by atoms with E-state index in [1.807, 2.05) is 34.6 Å². The normalized spacial score (nSPS) is 17.3. The summed E-state index contributed by atoms with van der Waals surface area (Å²) in [5, 5.41) is 0. The van der Waals surface area contributed by atoms with Crippen molar-refractivity contribution >= 4 is 29.1 Å². The van der Waals surface area contributed by atoms with Gasteiger partial charge in [-0.05, 0) is 73.6 Å². The van der Waals surface area contributed by atoms with Gasteiger partial charge in [0.15, 0.2) is 0 Å². The topological polar surface area (TPSA) is 86.5 Å². The predicted octanol–water partition coefficient (Wildman–Crippen LogP) is 4.89. The molecule has 184 valence electrons. The molecule has 1 aromatic carbocycles. The molecular weight excluding hydrogens is 445 g/mol. The SMILES string of the molecule is CN(CC/C(=N/[S+]([O-])C(C)(C)C)c1cc(F)ccc1C1=NC(C)(C)CO1)C(=O)OC(C)(C)C. The Morgan fingerprint density at radius 1 is 1.30 bits per heavy atom. The number of halogens is 1. The van der Waals surface area contributed by atoms with Gasteiger partial charge in [-0.2, -0.15) is 0 Å². The van der Waals surface area contributed by atoms with Crippen LogP contribution in [0.5, 0.6) is 0 Å². The van der Waals surface area contributed by atoms with Gasteiger partial charge in [-0.15, -0.1) is 0 Å². The lowest BCUT2D eigenvalue weighted by molar-refractivity contribution is 0.0303. The highest BCUT2D eigenvalue weighted by Gasteiger charge is 2.32. The number of carbonyl (C=O) groups is 1. The largest absolute Gasteiger partial charge is 0.591 e. The standard InChI is InChI=1S/C24H36FN3O4S/c1-22(2,3)32-21(29)28(9)13-12-19(27-33(30)23(4,5)6)18-14-16(25)10-11-17(18)20-26-24(7,8)15-31-20/h10-11,14H,12-13,15H2,1-9H3/b27-19-. The second-order valence-electron chi connectivity index (χ2n) is 10.8. The Labute approximate surface area is 199 Å². The van der Waals surface area contributed by atoms with Crippen LogP contribution < -0.4 is 0 Å². The van der Waals surface area contributed by atoms with Crippen LogP contribution in [-0.2, 0) is 20.8 Å². The smallest absolute Gasteiger partial charge is 0.410 e. The van der Waals surface area contributed by atoms with Gasteiger partial charge in [0.25, 0.3) is 0 Å². The summed E-state index contributed by atoms with van der Waals surface area (Å²) in [6.07, 6.45) is -0.242. The van der Waals surface area contributed by atoms with Gasteiger partial charge in [0, 0.05) is 31.1 Å². The van der Waals surface area contributed by atoms with Crippen molar-refractivity contribution in [3.05, 3.63) is 35.1 Å². The van der Waals surface area contributed by atoms with E-state index in [-0.39, 0.29) is 13.0 Å². The number of nitrogens with zero attached hydrogens (tertiary/aromatic N) is 3. The van der Waals surface area contributed by atoms with E-state index in [1.54, 1.807) is 33.9 Å². The summed E-state index contributed by atoms with van der Waals surface area (Å²) in [5.41, 5.74) is 0.400. The highest BCUT2D eigenvalue weighted by molar-refractivity contribution is 7.91. The van der Waals surface area contributed by atoms with Crippen LogP contribution in [0.25, 0.3) is 0 Å². The van der Waals surface area contributed by atoms with E-state index >= 15 is 0 Å². The summed E-state index contributed by atoms with van der Waals surface area (Å²) in [4.78, 5) is 18.4. The molecule has 0 radical (unpaired) electrons. The fourth-order valence-corrected chi connectivity index (χ4v) is 3.50. The third-order valence-electron chi connectivity index (χ3n) is 4.60. The van der Waals surface area contributed by atoms with Gasteiger partial charge in [-0.25, -0.2) is 14.2 Å². The van der Waals surface area contributed by atoms with E-state index in [1.165, 1.54) is 17.0 Å². The summed E-state index contributed by atoms with van der Waals surface area (Å²) in [7, 11) is 1.62. The van der Waals surface area contributed by atoms with Crippen LogP contribution in [0.3, 0.4) is 0 Å². The van der Waals surface area contributed by atoms with Crippen LogP contribution >= 0.6 is 0 Å². The molecule has 1 aliphatic heterocycles. The third-order valence-corrected chi connectivity index (χ3v) is 6.03.